The molecule has 2 aromatic rings. The number of rotatable bonds is 2. The fourth-order valence-electron chi connectivity index (χ4n) is 2.81. The molecule has 104 valence electrons. The fourth-order valence-corrected chi connectivity index (χ4v) is 3.74. The summed E-state index contributed by atoms with van der Waals surface area (Å²) in [6, 6.07) is 5.74. The Morgan fingerprint density at radius 3 is 3.15 bits per heavy atom. The predicted molar refractivity (Wildman–Crippen MR) is 80.7 cm³/mol. The number of anilines is 1. The van der Waals surface area contributed by atoms with E-state index in [1.165, 1.54) is 10.4 Å². The highest BCUT2D eigenvalue weighted by molar-refractivity contribution is 7.10. The van der Waals surface area contributed by atoms with E-state index in [0.29, 0.717) is 11.4 Å². The third-order valence-corrected chi connectivity index (χ3v) is 4.78. The molecule has 5 heteroatoms. The van der Waals surface area contributed by atoms with E-state index in [1.807, 2.05) is 4.90 Å². The molecule has 1 amide bonds. The van der Waals surface area contributed by atoms with E-state index in [4.69, 9.17) is 5.73 Å². The molecule has 0 radical (unpaired) electrons. The zero-order chi connectivity index (χ0) is 14.1. The van der Waals surface area contributed by atoms with E-state index in [2.05, 4.69) is 23.4 Å². The molecule has 1 unspecified atom stereocenters. The van der Waals surface area contributed by atoms with Gasteiger partial charge in [0.2, 0.25) is 0 Å². The van der Waals surface area contributed by atoms with Gasteiger partial charge in [-0.2, -0.15) is 0 Å². The molecule has 4 nitrogen and oxygen atoms in total. The average Bonchev–Trinajstić information content (AvgIpc) is 2.94. The Balaban J connectivity index is 1.95. The Morgan fingerprint density at radius 1 is 1.55 bits per heavy atom. The second-order valence-corrected chi connectivity index (χ2v) is 5.91. The van der Waals surface area contributed by atoms with Gasteiger partial charge >= 0.3 is 0 Å². The number of pyridine rings is 1. The molecule has 2 aromatic heterocycles. The summed E-state index contributed by atoms with van der Waals surface area (Å²) in [6.07, 6.45) is 3.44. The molecule has 0 saturated heterocycles. The second kappa shape index (κ2) is 5.25. The van der Waals surface area contributed by atoms with Crippen LogP contribution in [0.2, 0.25) is 0 Å². The molecular weight excluding hydrogens is 270 g/mol. The lowest BCUT2D eigenvalue weighted by molar-refractivity contribution is 0.0652. The van der Waals surface area contributed by atoms with E-state index in [-0.39, 0.29) is 11.9 Å². The highest BCUT2D eigenvalue weighted by atomic mass is 32.1. The molecule has 0 aliphatic carbocycles. The zero-order valence-corrected chi connectivity index (χ0v) is 12.2. The molecule has 1 aliphatic rings. The van der Waals surface area contributed by atoms with Gasteiger partial charge in [-0.1, -0.05) is 6.92 Å². The molecule has 3 heterocycles. The summed E-state index contributed by atoms with van der Waals surface area (Å²) in [5.74, 6) is -0.0631. The monoisotopic (exact) mass is 287 g/mol. The van der Waals surface area contributed by atoms with Crippen LogP contribution in [0.4, 0.5) is 5.69 Å². The van der Waals surface area contributed by atoms with Crippen molar-refractivity contribution < 1.29 is 4.79 Å². The molecule has 3 rings (SSSR count). The molecule has 0 aromatic carbocycles. The molecule has 1 aliphatic heterocycles. The summed E-state index contributed by atoms with van der Waals surface area (Å²) in [5, 5.41) is 2.11. The molecule has 0 spiro atoms. The number of fused-ring (bicyclic) bond motifs is 1. The van der Waals surface area contributed by atoms with Gasteiger partial charge in [-0.25, -0.2) is 4.98 Å². The number of aromatic nitrogens is 1. The van der Waals surface area contributed by atoms with Crippen molar-refractivity contribution in [1.29, 1.82) is 0 Å². The molecule has 20 heavy (non-hydrogen) atoms. The Labute approximate surface area is 122 Å². The number of carbonyl (C=O) groups excluding carboxylic acids is 1. The summed E-state index contributed by atoms with van der Waals surface area (Å²) in [7, 11) is 0. The van der Waals surface area contributed by atoms with Gasteiger partial charge in [0.15, 0.2) is 5.69 Å². The molecule has 1 atom stereocenters. The summed E-state index contributed by atoms with van der Waals surface area (Å²) < 4.78 is 0. The number of nitrogens with two attached hydrogens (primary N) is 1. The quantitative estimate of drug-likeness (QED) is 0.924. The highest BCUT2D eigenvalue weighted by Gasteiger charge is 2.32. The maximum Gasteiger partial charge on any atom is 0.275 e. The minimum Gasteiger partial charge on any atom is -0.397 e. The molecule has 0 saturated carbocycles. The van der Waals surface area contributed by atoms with Gasteiger partial charge in [-0.3, -0.25) is 4.79 Å². The smallest absolute Gasteiger partial charge is 0.275 e. The second-order valence-electron chi connectivity index (χ2n) is 4.91. The van der Waals surface area contributed by atoms with E-state index >= 15 is 0 Å². The lowest BCUT2D eigenvalue weighted by atomic mass is 9.97. The van der Waals surface area contributed by atoms with Gasteiger partial charge in [0.25, 0.3) is 5.91 Å². The van der Waals surface area contributed by atoms with Crippen LogP contribution in [0.1, 0.15) is 40.3 Å². The van der Waals surface area contributed by atoms with Gasteiger partial charge in [0, 0.05) is 17.6 Å². The maximum atomic E-state index is 12.7. The number of nitrogen functional groups attached to an aromatic ring is 1. The fraction of sp³-hybridized carbons (Fsp3) is 0.333. The van der Waals surface area contributed by atoms with Gasteiger partial charge in [0.05, 0.1) is 11.7 Å². The highest BCUT2D eigenvalue weighted by Crippen LogP contribution is 2.36. The van der Waals surface area contributed by atoms with E-state index in [1.54, 1.807) is 29.7 Å². The first-order chi connectivity index (χ1) is 9.72. The Morgan fingerprint density at radius 2 is 2.40 bits per heavy atom. The minimum atomic E-state index is -0.0631. The SMILES string of the molecule is CCC1c2ccsc2CCN1C(=O)c1ncccc1N. The first-order valence-corrected chi connectivity index (χ1v) is 7.68. The number of hydrogen-bond donors (Lipinski definition) is 1. The average molecular weight is 287 g/mol. The number of hydrogen-bond acceptors (Lipinski definition) is 4. The first kappa shape index (κ1) is 13.1. The van der Waals surface area contributed by atoms with E-state index < -0.39 is 0 Å². The van der Waals surface area contributed by atoms with Crippen molar-refractivity contribution in [2.45, 2.75) is 25.8 Å². The Bertz CT molecular complexity index is 638. The van der Waals surface area contributed by atoms with Crippen LogP contribution in [0.3, 0.4) is 0 Å². The van der Waals surface area contributed by atoms with Crippen molar-refractivity contribution in [3.8, 4) is 0 Å². The lowest BCUT2D eigenvalue weighted by Crippen LogP contribution is -2.40. The summed E-state index contributed by atoms with van der Waals surface area (Å²) >= 11 is 1.78. The minimum absolute atomic E-state index is 0.0631. The molecular formula is C15H17N3OS. The third-order valence-electron chi connectivity index (χ3n) is 3.78. The van der Waals surface area contributed by atoms with Crippen LogP contribution in [0.25, 0.3) is 0 Å². The Hall–Kier alpha value is -1.88. The topological polar surface area (TPSA) is 59.2 Å². The lowest BCUT2D eigenvalue weighted by Gasteiger charge is -2.35. The van der Waals surface area contributed by atoms with Crippen molar-refractivity contribution in [3.63, 3.8) is 0 Å². The number of amides is 1. The van der Waals surface area contributed by atoms with Gasteiger partial charge in [-0.15, -0.1) is 11.3 Å². The van der Waals surface area contributed by atoms with Crippen LogP contribution in [0.5, 0.6) is 0 Å². The maximum absolute atomic E-state index is 12.7. The van der Waals surface area contributed by atoms with Gasteiger partial charge in [0.1, 0.15) is 0 Å². The summed E-state index contributed by atoms with van der Waals surface area (Å²) in [6.45, 7) is 2.85. The van der Waals surface area contributed by atoms with E-state index in [9.17, 15) is 4.79 Å². The Kier molecular flexibility index (Phi) is 3.44. The van der Waals surface area contributed by atoms with Crippen LogP contribution >= 0.6 is 11.3 Å². The van der Waals surface area contributed by atoms with Crippen molar-refractivity contribution in [2.75, 3.05) is 12.3 Å². The third kappa shape index (κ3) is 2.08. The number of carbonyl (C=O) groups is 1. The van der Waals surface area contributed by atoms with Crippen molar-refractivity contribution in [3.05, 3.63) is 45.9 Å². The van der Waals surface area contributed by atoms with E-state index in [0.717, 1.165) is 19.4 Å². The number of thiophene rings is 1. The molecule has 0 bridgehead atoms. The van der Waals surface area contributed by atoms with Crippen LogP contribution in [-0.2, 0) is 6.42 Å². The van der Waals surface area contributed by atoms with Gasteiger partial charge < -0.3 is 10.6 Å². The molecule has 2 N–H and O–H groups in total. The zero-order valence-electron chi connectivity index (χ0n) is 11.4. The molecule has 0 fully saturated rings. The largest absolute Gasteiger partial charge is 0.397 e. The van der Waals surface area contributed by atoms with Crippen LogP contribution < -0.4 is 5.73 Å². The standard InChI is InChI=1S/C15H17N3OS/c1-2-12-10-6-9-20-13(10)5-8-18(12)15(19)14-11(16)4-3-7-17-14/h3-4,6-7,9,12H,2,5,8,16H2,1H3. The van der Waals surface area contributed by atoms with Gasteiger partial charge in [-0.05, 0) is 42.0 Å². The first-order valence-electron chi connectivity index (χ1n) is 6.80. The van der Waals surface area contributed by atoms with Crippen molar-refractivity contribution >= 4 is 22.9 Å². The number of nitrogens with zero attached hydrogens (tertiary/aromatic N) is 2. The van der Waals surface area contributed by atoms with Crippen LogP contribution in [0.15, 0.2) is 29.8 Å². The van der Waals surface area contributed by atoms with Crippen LogP contribution in [0, 0.1) is 0 Å². The van der Waals surface area contributed by atoms with Crippen molar-refractivity contribution in [2.24, 2.45) is 0 Å². The van der Waals surface area contributed by atoms with Crippen LogP contribution in [-0.4, -0.2) is 22.3 Å². The summed E-state index contributed by atoms with van der Waals surface area (Å²) in [5.41, 5.74) is 7.98. The normalized spacial score (nSPS) is 17.9. The van der Waals surface area contributed by atoms with Crippen molar-refractivity contribution in [1.82, 2.24) is 9.88 Å². The summed E-state index contributed by atoms with van der Waals surface area (Å²) in [4.78, 5) is 20.2. The predicted octanol–water partition coefficient (Wildman–Crippen LogP) is 2.87.